The van der Waals surface area contributed by atoms with Crippen LogP contribution in [0.5, 0.6) is 0 Å². The molecule has 0 atom stereocenters. The van der Waals surface area contributed by atoms with Crippen LogP contribution >= 0.6 is 0 Å². The van der Waals surface area contributed by atoms with Gasteiger partial charge in [-0.15, -0.1) is 0 Å². The molecule has 0 bridgehead atoms. The van der Waals surface area contributed by atoms with Crippen molar-refractivity contribution in [1.29, 1.82) is 0 Å². The first-order valence-corrected chi connectivity index (χ1v) is 7.03. The van der Waals surface area contributed by atoms with E-state index >= 15 is 0 Å². The van der Waals surface area contributed by atoms with E-state index in [1.54, 1.807) is 0 Å². The number of aromatic amines is 1. The van der Waals surface area contributed by atoms with Crippen LogP contribution in [0.2, 0.25) is 0 Å². The standard InChI is InChI=1S/C15H27N/c1-3-5-6-7-8-9-11-15-12-14(10-4-2)13-16-15/h12-13,16H,3-11H2,1-2H3. The van der Waals surface area contributed by atoms with Gasteiger partial charge in [-0.1, -0.05) is 52.4 Å². The number of aromatic nitrogens is 1. The maximum atomic E-state index is 3.39. The van der Waals surface area contributed by atoms with Crippen molar-refractivity contribution < 1.29 is 0 Å². The van der Waals surface area contributed by atoms with Crippen molar-refractivity contribution in [3.8, 4) is 0 Å². The monoisotopic (exact) mass is 221 g/mol. The van der Waals surface area contributed by atoms with E-state index in [9.17, 15) is 0 Å². The predicted octanol–water partition coefficient (Wildman–Crippen LogP) is 4.87. The highest BCUT2D eigenvalue weighted by molar-refractivity contribution is 5.16. The van der Waals surface area contributed by atoms with Crippen LogP contribution < -0.4 is 0 Å². The summed E-state index contributed by atoms with van der Waals surface area (Å²) in [6.45, 7) is 4.51. The molecule has 1 aromatic rings. The lowest BCUT2D eigenvalue weighted by Crippen LogP contribution is -1.86. The smallest absolute Gasteiger partial charge is 0.0149 e. The Balaban J connectivity index is 2.07. The minimum atomic E-state index is 1.22. The largest absolute Gasteiger partial charge is 0.365 e. The summed E-state index contributed by atoms with van der Waals surface area (Å²) in [6, 6.07) is 2.34. The van der Waals surface area contributed by atoms with Crippen molar-refractivity contribution >= 4 is 0 Å². The highest BCUT2D eigenvalue weighted by atomic mass is 14.7. The Bertz CT molecular complexity index is 262. The van der Waals surface area contributed by atoms with Crippen LogP contribution in [-0.4, -0.2) is 4.98 Å². The summed E-state index contributed by atoms with van der Waals surface area (Å²) in [6.07, 6.45) is 14.2. The van der Waals surface area contributed by atoms with Gasteiger partial charge in [0, 0.05) is 11.9 Å². The van der Waals surface area contributed by atoms with E-state index in [1.165, 1.54) is 69.0 Å². The number of rotatable bonds is 9. The summed E-state index contributed by atoms with van der Waals surface area (Å²) >= 11 is 0. The van der Waals surface area contributed by atoms with Crippen molar-refractivity contribution in [2.24, 2.45) is 0 Å². The highest BCUT2D eigenvalue weighted by Gasteiger charge is 1.98. The van der Waals surface area contributed by atoms with Gasteiger partial charge in [0.2, 0.25) is 0 Å². The molecule has 1 heterocycles. The van der Waals surface area contributed by atoms with Crippen molar-refractivity contribution in [3.05, 3.63) is 23.5 Å². The SMILES string of the molecule is CCCCCCCCc1cc(CCC)c[nH]1. The third-order valence-corrected chi connectivity index (χ3v) is 3.14. The summed E-state index contributed by atoms with van der Waals surface area (Å²) < 4.78 is 0. The average molecular weight is 221 g/mol. The number of H-pyrrole nitrogens is 1. The average Bonchev–Trinajstić information content (AvgIpc) is 2.72. The molecule has 0 radical (unpaired) electrons. The Labute approximate surface area is 101 Å². The third-order valence-electron chi connectivity index (χ3n) is 3.14. The molecule has 1 nitrogen and oxygen atoms in total. The van der Waals surface area contributed by atoms with Gasteiger partial charge in [0.25, 0.3) is 0 Å². The molecule has 1 rings (SSSR count). The summed E-state index contributed by atoms with van der Waals surface area (Å²) in [5.41, 5.74) is 2.91. The Morgan fingerprint density at radius 1 is 0.875 bits per heavy atom. The first-order valence-electron chi connectivity index (χ1n) is 7.03. The van der Waals surface area contributed by atoms with Crippen LogP contribution in [0.25, 0.3) is 0 Å². The van der Waals surface area contributed by atoms with E-state index in [4.69, 9.17) is 0 Å². The minimum Gasteiger partial charge on any atom is -0.365 e. The van der Waals surface area contributed by atoms with Crippen molar-refractivity contribution in [2.75, 3.05) is 0 Å². The van der Waals surface area contributed by atoms with Crippen molar-refractivity contribution in [2.45, 2.75) is 71.6 Å². The molecule has 0 fully saturated rings. The molecule has 0 unspecified atom stereocenters. The van der Waals surface area contributed by atoms with Crippen LogP contribution in [0.3, 0.4) is 0 Å². The summed E-state index contributed by atoms with van der Waals surface area (Å²) in [7, 11) is 0. The number of nitrogens with one attached hydrogen (secondary N) is 1. The van der Waals surface area contributed by atoms with Gasteiger partial charge in [0.1, 0.15) is 0 Å². The van der Waals surface area contributed by atoms with Gasteiger partial charge in [0.05, 0.1) is 0 Å². The molecule has 16 heavy (non-hydrogen) atoms. The fraction of sp³-hybridized carbons (Fsp3) is 0.733. The molecule has 0 saturated carbocycles. The molecular formula is C15H27N. The number of aryl methyl sites for hydroxylation is 2. The first kappa shape index (κ1) is 13.3. The van der Waals surface area contributed by atoms with Gasteiger partial charge in [0.15, 0.2) is 0 Å². The van der Waals surface area contributed by atoms with Crippen LogP contribution in [0.4, 0.5) is 0 Å². The van der Waals surface area contributed by atoms with Crippen LogP contribution in [0.1, 0.15) is 70.1 Å². The second-order valence-corrected chi connectivity index (χ2v) is 4.80. The Morgan fingerprint density at radius 3 is 2.38 bits per heavy atom. The predicted molar refractivity (Wildman–Crippen MR) is 71.9 cm³/mol. The van der Waals surface area contributed by atoms with E-state index < -0.39 is 0 Å². The molecule has 0 aliphatic carbocycles. The summed E-state index contributed by atoms with van der Waals surface area (Å²) in [5.74, 6) is 0. The molecule has 0 aliphatic heterocycles. The van der Waals surface area contributed by atoms with Crippen molar-refractivity contribution in [1.82, 2.24) is 4.98 Å². The lowest BCUT2D eigenvalue weighted by Gasteiger charge is -1.99. The lowest BCUT2D eigenvalue weighted by molar-refractivity contribution is 0.605. The fourth-order valence-corrected chi connectivity index (χ4v) is 2.17. The lowest BCUT2D eigenvalue weighted by atomic mass is 10.1. The van der Waals surface area contributed by atoms with Crippen LogP contribution in [0.15, 0.2) is 12.3 Å². The highest BCUT2D eigenvalue weighted by Crippen LogP contribution is 2.11. The zero-order valence-electron chi connectivity index (χ0n) is 11.0. The van der Waals surface area contributed by atoms with Gasteiger partial charge < -0.3 is 4.98 Å². The van der Waals surface area contributed by atoms with E-state index in [2.05, 4.69) is 31.1 Å². The Hall–Kier alpha value is -0.720. The molecule has 1 aromatic heterocycles. The van der Waals surface area contributed by atoms with Crippen LogP contribution in [-0.2, 0) is 12.8 Å². The number of unbranched alkanes of at least 4 members (excludes halogenated alkanes) is 5. The van der Waals surface area contributed by atoms with Gasteiger partial charge in [-0.2, -0.15) is 0 Å². The first-order chi connectivity index (χ1) is 7.86. The van der Waals surface area contributed by atoms with Crippen LogP contribution in [0, 0.1) is 0 Å². The zero-order valence-corrected chi connectivity index (χ0v) is 11.0. The molecule has 92 valence electrons. The maximum Gasteiger partial charge on any atom is 0.0149 e. The van der Waals surface area contributed by atoms with Gasteiger partial charge in [-0.05, 0) is 30.9 Å². The maximum absolute atomic E-state index is 3.39. The second kappa shape index (κ2) is 8.43. The second-order valence-electron chi connectivity index (χ2n) is 4.80. The summed E-state index contributed by atoms with van der Waals surface area (Å²) in [4.78, 5) is 3.39. The number of hydrogen-bond acceptors (Lipinski definition) is 0. The third kappa shape index (κ3) is 5.39. The van der Waals surface area contributed by atoms with E-state index in [0.717, 1.165) is 0 Å². The quantitative estimate of drug-likeness (QED) is 0.573. The molecular weight excluding hydrogens is 194 g/mol. The Kier molecular flexibility index (Phi) is 7.03. The normalized spacial score (nSPS) is 10.9. The van der Waals surface area contributed by atoms with Crippen molar-refractivity contribution in [3.63, 3.8) is 0 Å². The Morgan fingerprint density at radius 2 is 1.62 bits per heavy atom. The van der Waals surface area contributed by atoms with Gasteiger partial charge in [-0.25, -0.2) is 0 Å². The number of hydrogen-bond donors (Lipinski definition) is 1. The molecule has 0 amide bonds. The van der Waals surface area contributed by atoms with E-state index in [1.807, 2.05) is 0 Å². The van der Waals surface area contributed by atoms with Gasteiger partial charge >= 0.3 is 0 Å². The van der Waals surface area contributed by atoms with E-state index in [0.29, 0.717) is 0 Å². The summed E-state index contributed by atoms with van der Waals surface area (Å²) in [5, 5.41) is 0. The molecule has 1 N–H and O–H groups in total. The molecule has 0 spiro atoms. The molecule has 0 aromatic carbocycles. The zero-order chi connectivity index (χ0) is 11.6. The van der Waals surface area contributed by atoms with E-state index in [-0.39, 0.29) is 0 Å². The minimum absolute atomic E-state index is 1.22. The fourth-order valence-electron chi connectivity index (χ4n) is 2.17. The molecule has 0 aliphatic rings. The molecule has 1 heteroatoms. The van der Waals surface area contributed by atoms with Gasteiger partial charge in [-0.3, -0.25) is 0 Å². The molecule has 0 saturated heterocycles. The topological polar surface area (TPSA) is 15.8 Å².